The van der Waals surface area contributed by atoms with E-state index in [1.54, 1.807) is 0 Å². The normalized spacial score (nSPS) is 18.6. The van der Waals surface area contributed by atoms with Gasteiger partial charge in [0, 0.05) is 23.6 Å². The standard InChI is InChI=1S/C13H13N3O/c1-8-12-10(9-5-3-2-4-6-9)7-11(17)14-13(12)16-15-8/h2-6,10H,7H2,1H3,(H2,14,15,16,17). The maximum absolute atomic E-state index is 11.7. The molecular weight excluding hydrogens is 214 g/mol. The smallest absolute Gasteiger partial charge is 0.226 e. The molecule has 17 heavy (non-hydrogen) atoms. The van der Waals surface area contributed by atoms with Gasteiger partial charge in [0.15, 0.2) is 5.82 Å². The second-order valence-electron chi connectivity index (χ2n) is 4.33. The Balaban J connectivity index is 2.12. The number of aromatic amines is 1. The van der Waals surface area contributed by atoms with Crippen LogP contribution in [0.4, 0.5) is 5.82 Å². The number of hydrogen-bond donors (Lipinski definition) is 2. The number of fused-ring (bicyclic) bond motifs is 1. The summed E-state index contributed by atoms with van der Waals surface area (Å²) in [5.74, 6) is 0.809. The molecule has 0 bridgehead atoms. The topological polar surface area (TPSA) is 57.8 Å². The highest BCUT2D eigenvalue weighted by Gasteiger charge is 2.29. The predicted molar refractivity (Wildman–Crippen MR) is 64.9 cm³/mol. The second-order valence-corrected chi connectivity index (χ2v) is 4.33. The lowest BCUT2D eigenvalue weighted by atomic mass is 9.86. The molecule has 3 rings (SSSR count). The van der Waals surface area contributed by atoms with Crippen molar-refractivity contribution in [3.05, 3.63) is 47.2 Å². The molecule has 0 radical (unpaired) electrons. The number of carbonyl (C=O) groups excluding carboxylic acids is 1. The number of benzene rings is 1. The van der Waals surface area contributed by atoms with Crippen molar-refractivity contribution in [3.63, 3.8) is 0 Å². The van der Waals surface area contributed by atoms with Crippen molar-refractivity contribution in [3.8, 4) is 0 Å². The van der Waals surface area contributed by atoms with E-state index in [-0.39, 0.29) is 11.8 Å². The summed E-state index contributed by atoms with van der Waals surface area (Å²) in [5, 5.41) is 9.86. The van der Waals surface area contributed by atoms with Gasteiger partial charge in [0.25, 0.3) is 0 Å². The summed E-state index contributed by atoms with van der Waals surface area (Å²) in [5.41, 5.74) is 3.29. The Morgan fingerprint density at radius 3 is 2.82 bits per heavy atom. The van der Waals surface area contributed by atoms with E-state index in [4.69, 9.17) is 0 Å². The average molecular weight is 227 g/mol. The van der Waals surface area contributed by atoms with Gasteiger partial charge in [-0.15, -0.1) is 0 Å². The van der Waals surface area contributed by atoms with Crippen LogP contribution in [0, 0.1) is 6.92 Å². The summed E-state index contributed by atoms with van der Waals surface area (Å²) in [6, 6.07) is 10.1. The van der Waals surface area contributed by atoms with E-state index in [2.05, 4.69) is 27.6 Å². The first-order chi connectivity index (χ1) is 8.25. The Labute approximate surface area is 99.1 Å². The highest BCUT2D eigenvalue weighted by Crippen LogP contribution is 2.37. The number of anilines is 1. The molecule has 0 saturated carbocycles. The van der Waals surface area contributed by atoms with E-state index in [1.807, 2.05) is 25.1 Å². The van der Waals surface area contributed by atoms with Gasteiger partial charge in [0.1, 0.15) is 0 Å². The van der Waals surface area contributed by atoms with Crippen LogP contribution in [0.2, 0.25) is 0 Å². The maximum Gasteiger partial charge on any atom is 0.226 e. The van der Waals surface area contributed by atoms with Gasteiger partial charge >= 0.3 is 0 Å². The Kier molecular flexibility index (Phi) is 2.21. The van der Waals surface area contributed by atoms with Crippen LogP contribution in [-0.4, -0.2) is 16.1 Å². The highest BCUT2D eigenvalue weighted by atomic mass is 16.1. The van der Waals surface area contributed by atoms with Crippen molar-refractivity contribution in [2.45, 2.75) is 19.3 Å². The Morgan fingerprint density at radius 1 is 1.29 bits per heavy atom. The number of rotatable bonds is 1. The van der Waals surface area contributed by atoms with E-state index in [9.17, 15) is 4.79 Å². The Hall–Kier alpha value is -2.10. The largest absolute Gasteiger partial charge is 0.309 e. The van der Waals surface area contributed by atoms with Crippen molar-refractivity contribution in [1.82, 2.24) is 10.2 Å². The van der Waals surface area contributed by atoms with Crippen LogP contribution in [0.5, 0.6) is 0 Å². The summed E-state index contributed by atoms with van der Waals surface area (Å²) in [6.07, 6.45) is 0.484. The molecule has 1 atom stereocenters. The molecule has 4 nitrogen and oxygen atoms in total. The fourth-order valence-corrected chi connectivity index (χ4v) is 2.40. The van der Waals surface area contributed by atoms with Crippen molar-refractivity contribution >= 4 is 11.7 Å². The Bertz CT molecular complexity index is 559. The molecule has 1 aliphatic heterocycles. The van der Waals surface area contributed by atoms with Gasteiger partial charge in [-0.3, -0.25) is 9.89 Å². The van der Waals surface area contributed by atoms with E-state index >= 15 is 0 Å². The third-order valence-corrected chi connectivity index (χ3v) is 3.19. The van der Waals surface area contributed by atoms with Crippen LogP contribution < -0.4 is 5.32 Å². The molecule has 0 fully saturated rings. The van der Waals surface area contributed by atoms with Gasteiger partial charge in [-0.2, -0.15) is 5.10 Å². The number of carbonyl (C=O) groups is 1. The van der Waals surface area contributed by atoms with Crippen LogP contribution >= 0.6 is 0 Å². The summed E-state index contributed by atoms with van der Waals surface area (Å²) >= 11 is 0. The van der Waals surface area contributed by atoms with Crippen molar-refractivity contribution in [2.75, 3.05) is 5.32 Å². The molecule has 86 valence electrons. The van der Waals surface area contributed by atoms with Crippen LogP contribution in [0.1, 0.15) is 29.2 Å². The first-order valence-electron chi connectivity index (χ1n) is 5.65. The lowest BCUT2D eigenvalue weighted by Gasteiger charge is -2.22. The monoisotopic (exact) mass is 227 g/mol. The third-order valence-electron chi connectivity index (χ3n) is 3.19. The number of H-pyrrole nitrogens is 1. The molecule has 2 N–H and O–H groups in total. The molecule has 1 aromatic heterocycles. The zero-order valence-electron chi connectivity index (χ0n) is 9.53. The van der Waals surface area contributed by atoms with Gasteiger partial charge < -0.3 is 5.32 Å². The quantitative estimate of drug-likeness (QED) is 0.784. The molecule has 0 saturated heterocycles. The van der Waals surface area contributed by atoms with Crippen LogP contribution in [0.15, 0.2) is 30.3 Å². The van der Waals surface area contributed by atoms with Crippen LogP contribution in [-0.2, 0) is 4.79 Å². The molecule has 0 aliphatic carbocycles. The summed E-state index contributed by atoms with van der Waals surface area (Å²) < 4.78 is 0. The molecule has 4 heteroatoms. The van der Waals surface area contributed by atoms with Gasteiger partial charge in [0.05, 0.1) is 0 Å². The lowest BCUT2D eigenvalue weighted by molar-refractivity contribution is -0.116. The number of aromatic nitrogens is 2. The minimum Gasteiger partial charge on any atom is -0.309 e. The fraction of sp³-hybridized carbons (Fsp3) is 0.231. The van der Waals surface area contributed by atoms with Gasteiger partial charge in [-0.1, -0.05) is 30.3 Å². The Morgan fingerprint density at radius 2 is 2.06 bits per heavy atom. The molecule has 2 aromatic rings. The highest BCUT2D eigenvalue weighted by molar-refractivity contribution is 5.94. The SMILES string of the molecule is Cc1[nH]nc2c1C(c1ccccc1)CC(=O)N2. The number of nitrogens with zero attached hydrogens (tertiary/aromatic N) is 1. The zero-order chi connectivity index (χ0) is 11.8. The van der Waals surface area contributed by atoms with Crippen LogP contribution in [0.3, 0.4) is 0 Å². The zero-order valence-corrected chi connectivity index (χ0v) is 9.53. The van der Waals surface area contributed by atoms with E-state index < -0.39 is 0 Å². The van der Waals surface area contributed by atoms with E-state index in [1.165, 1.54) is 0 Å². The second kappa shape index (κ2) is 3.73. The van der Waals surface area contributed by atoms with Crippen LogP contribution in [0.25, 0.3) is 0 Å². The molecular formula is C13H13N3O. The molecule has 0 spiro atoms. The molecule has 1 unspecified atom stereocenters. The van der Waals surface area contributed by atoms with Gasteiger partial charge in [-0.05, 0) is 12.5 Å². The summed E-state index contributed by atoms with van der Waals surface area (Å²) in [7, 11) is 0. The first kappa shape index (κ1) is 10.1. The average Bonchev–Trinajstić information content (AvgIpc) is 2.71. The summed E-state index contributed by atoms with van der Waals surface area (Å²) in [6.45, 7) is 1.99. The molecule has 1 amide bonds. The number of aryl methyl sites for hydroxylation is 1. The van der Waals surface area contributed by atoms with Gasteiger partial charge in [-0.25, -0.2) is 0 Å². The number of nitrogens with one attached hydrogen (secondary N) is 2. The van der Waals surface area contributed by atoms with Crippen molar-refractivity contribution < 1.29 is 4.79 Å². The molecule has 1 aliphatic rings. The van der Waals surface area contributed by atoms with Gasteiger partial charge in [0.2, 0.25) is 5.91 Å². The summed E-state index contributed by atoms with van der Waals surface area (Å²) in [4.78, 5) is 11.7. The third kappa shape index (κ3) is 1.62. The minimum atomic E-state index is 0.0258. The molecule has 1 aromatic carbocycles. The fourth-order valence-electron chi connectivity index (χ4n) is 2.40. The van der Waals surface area contributed by atoms with E-state index in [0.29, 0.717) is 12.2 Å². The number of amides is 1. The van der Waals surface area contributed by atoms with Crippen molar-refractivity contribution in [1.29, 1.82) is 0 Å². The van der Waals surface area contributed by atoms with E-state index in [0.717, 1.165) is 16.8 Å². The predicted octanol–water partition coefficient (Wildman–Crippen LogP) is 2.19. The number of hydrogen-bond acceptors (Lipinski definition) is 2. The molecule has 2 heterocycles. The lowest BCUT2D eigenvalue weighted by Crippen LogP contribution is -2.23. The maximum atomic E-state index is 11.7. The minimum absolute atomic E-state index is 0.0258. The first-order valence-corrected chi connectivity index (χ1v) is 5.65. The van der Waals surface area contributed by atoms with Crippen molar-refractivity contribution in [2.24, 2.45) is 0 Å².